The first-order valence-corrected chi connectivity index (χ1v) is 5.59. The predicted molar refractivity (Wildman–Crippen MR) is 66.6 cm³/mol. The number of rotatable bonds is 6. The van der Waals surface area contributed by atoms with Gasteiger partial charge in [0.2, 0.25) is 0 Å². The number of aryl methyl sites for hydroxylation is 2. The molecule has 0 aliphatic heterocycles. The van der Waals surface area contributed by atoms with Crippen molar-refractivity contribution >= 4 is 5.69 Å². The van der Waals surface area contributed by atoms with Crippen molar-refractivity contribution in [1.82, 2.24) is 5.32 Å². The van der Waals surface area contributed by atoms with Crippen LogP contribution in [0.5, 0.6) is 5.75 Å². The average Bonchev–Trinajstić information content (AvgIpc) is 2.28. The van der Waals surface area contributed by atoms with E-state index < -0.39 is 0 Å². The number of nitrogens with one attached hydrogen (secondary N) is 1. The van der Waals surface area contributed by atoms with E-state index in [1.807, 2.05) is 14.0 Å². The molecular formula is C12H18N2O3. The van der Waals surface area contributed by atoms with Gasteiger partial charge < -0.3 is 10.1 Å². The van der Waals surface area contributed by atoms with Gasteiger partial charge in [0.15, 0.2) is 0 Å². The highest BCUT2D eigenvalue weighted by molar-refractivity contribution is 5.49. The second kappa shape index (κ2) is 6.20. The lowest BCUT2D eigenvalue weighted by molar-refractivity contribution is -0.385. The van der Waals surface area contributed by atoms with Crippen LogP contribution in [0.2, 0.25) is 0 Å². The van der Waals surface area contributed by atoms with Crippen molar-refractivity contribution in [3.8, 4) is 5.75 Å². The zero-order valence-corrected chi connectivity index (χ0v) is 10.4. The number of hydrogen-bond acceptors (Lipinski definition) is 4. The molecule has 1 aromatic carbocycles. The summed E-state index contributed by atoms with van der Waals surface area (Å²) >= 11 is 0. The van der Waals surface area contributed by atoms with Gasteiger partial charge in [0, 0.05) is 11.6 Å². The van der Waals surface area contributed by atoms with Gasteiger partial charge in [-0.25, -0.2) is 0 Å². The molecule has 1 N–H and O–H groups in total. The molecule has 0 spiro atoms. The summed E-state index contributed by atoms with van der Waals surface area (Å²) in [4.78, 5) is 10.4. The zero-order valence-electron chi connectivity index (χ0n) is 10.4. The first-order chi connectivity index (χ1) is 8.06. The van der Waals surface area contributed by atoms with E-state index in [1.165, 1.54) is 0 Å². The summed E-state index contributed by atoms with van der Waals surface area (Å²) in [7, 11) is 1.89. The molecule has 0 aliphatic carbocycles. The van der Waals surface area contributed by atoms with Gasteiger partial charge in [0.25, 0.3) is 5.69 Å². The molecule has 0 bridgehead atoms. The van der Waals surface area contributed by atoms with E-state index in [2.05, 4.69) is 5.32 Å². The Morgan fingerprint density at radius 2 is 2.06 bits per heavy atom. The number of nitro benzene ring substituents is 1. The molecule has 17 heavy (non-hydrogen) atoms. The van der Waals surface area contributed by atoms with Crippen molar-refractivity contribution in [2.24, 2.45) is 0 Å². The van der Waals surface area contributed by atoms with Crippen molar-refractivity contribution < 1.29 is 9.66 Å². The van der Waals surface area contributed by atoms with Crippen LogP contribution < -0.4 is 10.1 Å². The Hall–Kier alpha value is -1.62. The van der Waals surface area contributed by atoms with E-state index in [4.69, 9.17) is 4.74 Å². The van der Waals surface area contributed by atoms with Gasteiger partial charge in [-0.15, -0.1) is 0 Å². The Kier molecular flexibility index (Phi) is 4.90. The molecule has 0 atom stereocenters. The van der Waals surface area contributed by atoms with Gasteiger partial charge in [-0.1, -0.05) is 0 Å². The van der Waals surface area contributed by atoms with Crippen LogP contribution in [-0.4, -0.2) is 25.1 Å². The Bertz CT molecular complexity index is 405. The Morgan fingerprint density at radius 3 is 2.65 bits per heavy atom. The average molecular weight is 238 g/mol. The standard InChI is InChI=1S/C12H18N2O3/c1-9-8-12(17-6-4-5-13-3)10(2)7-11(9)14(15)16/h7-8,13H,4-6H2,1-3H3. The summed E-state index contributed by atoms with van der Waals surface area (Å²) in [6.45, 7) is 5.04. The van der Waals surface area contributed by atoms with Crippen LogP contribution in [0.25, 0.3) is 0 Å². The molecule has 1 aromatic rings. The highest BCUT2D eigenvalue weighted by atomic mass is 16.6. The molecule has 0 heterocycles. The fraction of sp³-hybridized carbons (Fsp3) is 0.500. The Balaban J connectivity index is 2.74. The summed E-state index contributed by atoms with van der Waals surface area (Å²) in [6, 6.07) is 3.29. The number of nitrogens with zero attached hydrogens (tertiary/aromatic N) is 1. The molecule has 1 rings (SSSR count). The molecule has 5 heteroatoms. The fourth-order valence-electron chi connectivity index (χ4n) is 1.56. The van der Waals surface area contributed by atoms with E-state index in [1.54, 1.807) is 19.1 Å². The predicted octanol–water partition coefficient (Wildman–Crippen LogP) is 2.20. The summed E-state index contributed by atoms with van der Waals surface area (Å²) < 4.78 is 5.59. The molecule has 0 fully saturated rings. The van der Waals surface area contributed by atoms with Crippen LogP contribution in [0.3, 0.4) is 0 Å². The quantitative estimate of drug-likeness (QED) is 0.469. The minimum atomic E-state index is -0.368. The van der Waals surface area contributed by atoms with Crippen LogP contribution in [0.4, 0.5) is 5.69 Å². The molecule has 5 nitrogen and oxygen atoms in total. The molecule has 0 saturated carbocycles. The first kappa shape index (κ1) is 13.4. The third kappa shape index (κ3) is 3.71. The maximum absolute atomic E-state index is 10.7. The van der Waals surface area contributed by atoms with Crippen LogP contribution in [-0.2, 0) is 0 Å². The van der Waals surface area contributed by atoms with Crippen molar-refractivity contribution in [3.05, 3.63) is 33.4 Å². The Morgan fingerprint density at radius 1 is 1.35 bits per heavy atom. The second-order valence-corrected chi connectivity index (χ2v) is 3.97. The zero-order chi connectivity index (χ0) is 12.8. The van der Waals surface area contributed by atoms with E-state index in [0.717, 1.165) is 24.3 Å². The van der Waals surface area contributed by atoms with Crippen LogP contribution in [0.15, 0.2) is 12.1 Å². The van der Waals surface area contributed by atoms with Gasteiger partial charge in [0.05, 0.1) is 11.5 Å². The number of nitro groups is 1. The first-order valence-electron chi connectivity index (χ1n) is 5.59. The van der Waals surface area contributed by atoms with E-state index in [9.17, 15) is 10.1 Å². The smallest absolute Gasteiger partial charge is 0.272 e. The topological polar surface area (TPSA) is 64.4 Å². The largest absolute Gasteiger partial charge is 0.493 e. The lowest BCUT2D eigenvalue weighted by Gasteiger charge is -2.10. The van der Waals surface area contributed by atoms with Crippen molar-refractivity contribution in [2.75, 3.05) is 20.2 Å². The molecule has 0 aliphatic rings. The van der Waals surface area contributed by atoms with Crippen molar-refractivity contribution in [3.63, 3.8) is 0 Å². The lowest BCUT2D eigenvalue weighted by atomic mass is 10.1. The molecule has 0 unspecified atom stereocenters. The SMILES string of the molecule is CNCCCOc1cc(C)c([N+](=O)[O-])cc1C. The maximum atomic E-state index is 10.7. The summed E-state index contributed by atoms with van der Waals surface area (Å²) in [5.74, 6) is 0.726. The number of ether oxygens (including phenoxy) is 1. The van der Waals surface area contributed by atoms with Crippen LogP contribution in [0.1, 0.15) is 17.5 Å². The van der Waals surface area contributed by atoms with Gasteiger partial charge in [-0.05, 0) is 45.5 Å². The highest BCUT2D eigenvalue weighted by Crippen LogP contribution is 2.27. The summed E-state index contributed by atoms with van der Waals surface area (Å²) in [5, 5.41) is 13.8. The molecule has 0 radical (unpaired) electrons. The van der Waals surface area contributed by atoms with Crippen molar-refractivity contribution in [1.29, 1.82) is 0 Å². The summed E-state index contributed by atoms with van der Waals surface area (Å²) in [5.41, 5.74) is 1.57. The molecule has 94 valence electrons. The molecule has 0 saturated heterocycles. The lowest BCUT2D eigenvalue weighted by Crippen LogP contribution is -2.11. The third-order valence-corrected chi connectivity index (χ3v) is 2.52. The van der Waals surface area contributed by atoms with E-state index in [0.29, 0.717) is 12.2 Å². The van der Waals surface area contributed by atoms with Crippen molar-refractivity contribution in [2.45, 2.75) is 20.3 Å². The van der Waals surface area contributed by atoms with Gasteiger partial charge in [-0.3, -0.25) is 10.1 Å². The third-order valence-electron chi connectivity index (χ3n) is 2.52. The maximum Gasteiger partial charge on any atom is 0.272 e. The molecule has 0 aromatic heterocycles. The number of benzene rings is 1. The van der Waals surface area contributed by atoms with E-state index in [-0.39, 0.29) is 10.6 Å². The normalized spacial score (nSPS) is 10.3. The van der Waals surface area contributed by atoms with E-state index >= 15 is 0 Å². The highest BCUT2D eigenvalue weighted by Gasteiger charge is 2.13. The fourth-order valence-corrected chi connectivity index (χ4v) is 1.56. The minimum absolute atomic E-state index is 0.144. The summed E-state index contributed by atoms with van der Waals surface area (Å²) in [6.07, 6.45) is 0.909. The van der Waals surface area contributed by atoms with Gasteiger partial charge >= 0.3 is 0 Å². The van der Waals surface area contributed by atoms with Crippen LogP contribution in [0, 0.1) is 24.0 Å². The monoisotopic (exact) mass is 238 g/mol. The van der Waals surface area contributed by atoms with Crippen LogP contribution >= 0.6 is 0 Å². The molecule has 0 amide bonds. The molecular weight excluding hydrogens is 220 g/mol. The van der Waals surface area contributed by atoms with Gasteiger partial charge in [-0.2, -0.15) is 0 Å². The minimum Gasteiger partial charge on any atom is -0.493 e. The Labute approximate surface area is 101 Å². The van der Waals surface area contributed by atoms with Gasteiger partial charge in [0.1, 0.15) is 5.75 Å². The number of hydrogen-bond donors (Lipinski definition) is 1. The second-order valence-electron chi connectivity index (χ2n) is 3.97.